The highest BCUT2D eigenvalue weighted by molar-refractivity contribution is 7.10. The summed E-state index contributed by atoms with van der Waals surface area (Å²) in [5, 5.41) is 7.74. The van der Waals surface area contributed by atoms with E-state index in [9.17, 15) is 9.59 Å². The van der Waals surface area contributed by atoms with Gasteiger partial charge in [0.05, 0.1) is 27.4 Å². The highest BCUT2D eigenvalue weighted by Crippen LogP contribution is 2.31. The summed E-state index contributed by atoms with van der Waals surface area (Å²) in [6.07, 6.45) is 0.561. The van der Waals surface area contributed by atoms with Crippen LogP contribution in [-0.2, 0) is 16.0 Å². The summed E-state index contributed by atoms with van der Waals surface area (Å²) in [5.74, 6) is 0.850. The van der Waals surface area contributed by atoms with Gasteiger partial charge in [0, 0.05) is 49.3 Å². The summed E-state index contributed by atoms with van der Waals surface area (Å²) >= 11 is 1.67. The Hall–Kier alpha value is -3.76. The topological polar surface area (TPSA) is 92.4 Å². The Bertz CT molecular complexity index is 1240. The van der Waals surface area contributed by atoms with Crippen LogP contribution in [0.5, 0.6) is 17.2 Å². The van der Waals surface area contributed by atoms with Crippen LogP contribution in [0.2, 0.25) is 0 Å². The lowest BCUT2D eigenvalue weighted by atomic mass is 10.0. The van der Waals surface area contributed by atoms with Gasteiger partial charge in [0.1, 0.15) is 5.75 Å². The van der Waals surface area contributed by atoms with Gasteiger partial charge in [-0.2, -0.15) is 0 Å². The molecule has 3 aromatic rings. The SMILES string of the molecule is COc1ccc(N2CCN([C@@H](c3cccs3)[C@H](C)NC(=O)C(=O)NCCc3ccc(OC)c(OC)c3)CC2)cc1. The van der Waals surface area contributed by atoms with Crippen molar-refractivity contribution in [2.75, 3.05) is 59.0 Å². The van der Waals surface area contributed by atoms with Crippen LogP contribution in [0.3, 0.4) is 0 Å². The summed E-state index contributed by atoms with van der Waals surface area (Å²) < 4.78 is 15.9. The first-order valence-electron chi connectivity index (χ1n) is 13.4. The zero-order valence-corrected chi connectivity index (χ0v) is 24.3. The first kappa shape index (κ1) is 29.2. The van der Waals surface area contributed by atoms with Crippen molar-refractivity contribution in [3.63, 3.8) is 0 Å². The molecule has 40 heavy (non-hydrogen) atoms. The molecule has 2 atom stereocenters. The number of carbonyl (C=O) groups excluding carboxylic acids is 2. The molecule has 0 radical (unpaired) electrons. The maximum absolute atomic E-state index is 12.8. The number of nitrogens with one attached hydrogen (secondary N) is 2. The van der Waals surface area contributed by atoms with E-state index >= 15 is 0 Å². The molecule has 0 bridgehead atoms. The van der Waals surface area contributed by atoms with Crippen LogP contribution in [0.15, 0.2) is 60.0 Å². The van der Waals surface area contributed by atoms with E-state index in [2.05, 4.69) is 38.6 Å². The number of amides is 2. The lowest BCUT2D eigenvalue weighted by Crippen LogP contribution is -2.53. The zero-order valence-electron chi connectivity index (χ0n) is 23.5. The lowest BCUT2D eigenvalue weighted by Gasteiger charge is -2.42. The van der Waals surface area contributed by atoms with Crippen LogP contribution in [-0.4, -0.2) is 76.8 Å². The van der Waals surface area contributed by atoms with Crippen molar-refractivity contribution in [2.24, 2.45) is 0 Å². The number of carbonyl (C=O) groups is 2. The molecule has 1 saturated heterocycles. The number of anilines is 1. The van der Waals surface area contributed by atoms with E-state index in [1.54, 1.807) is 32.7 Å². The average Bonchev–Trinajstić information content (AvgIpc) is 3.52. The van der Waals surface area contributed by atoms with E-state index in [0.717, 1.165) is 37.5 Å². The molecule has 1 aliphatic heterocycles. The van der Waals surface area contributed by atoms with Gasteiger partial charge in [-0.25, -0.2) is 0 Å². The third kappa shape index (κ3) is 7.25. The molecule has 1 aliphatic rings. The molecule has 2 aromatic carbocycles. The number of nitrogens with zero attached hydrogens (tertiary/aromatic N) is 2. The minimum atomic E-state index is -0.637. The minimum absolute atomic E-state index is 0.0264. The second-order valence-electron chi connectivity index (χ2n) is 9.64. The van der Waals surface area contributed by atoms with Crippen LogP contribution in [0.25, 0.3) is 0 Å². The second kappa shape index (κ2) is 14.0. The summed E-state index contributed by atoms with van der Waals surface area (Å²) in [5.41, 5.74) is 2.14. The molecule has 9 nitrogen and oxygen atoms in total. The molecule has 2 amide bonds. The summed E-state index contributed by atoms with van der Waals surface area (Å²) in [6, 6.07) is 17.6. The number of hydrogen-bond acceptors (Lipinski definition) is 8. The highest BCUT2D eigenvalue weighted by atomic mass is 32.1. The quantitative estimate of drug-likeness (QED) is 0.343. The Morgan fingerprint density at radius 1 is 0.900 bits per heavy atom. The number of rotatable bonds is 11. The van der Waals surface area contributed by atoms with E-state index in [1.807, 2.05) is 48.7 Å². The Balaban J connectivity index is 1.31. The fourth-order valence-electron chi connectivity index (χ4n) is 5.04. The molecular weight excluding hydrogens is 528 g/mol. The maximum atomic E-state index is 12.8. The van der Waals surface area contributed by atoms with Gasteiger partial charge in [0.25, 0.3) is 0 Å². The first-order chi connectivity index (χ1) is 19.4. The van der Waals surface area contributed by atoms with Crippen molar-refractivity contribution >= 4 is 28.8 Å². The molecule has 0 aliphatic carbocycles. The minimum Gasteiger partial charge on any atom is -0.497 e. The van der Waals surface area contributed by atoms with Gasteiger partial charge in [-0.3, -0.25) is 14.5 Å². The number of benzene rings is 2. The van der Waals surface area contributed by atoms with Crippen molar-refractivity contribution in [3.8, 4) is 17.2 Å². The van der Waals surface area contributed by atoms with Gasteiger partial charge >= 0.3 is 11.8 Å². The maximum Gasteiger partial charge on any atom is 0.309 e. The second-order valence-corrected chi connectivity index (χ2v) is 10.6. The Morgan fingerprint density at radius 2 is 1.62 bits per heavy atom. The molecule has 214 valence electrons. The summed E-state index contributed by atoms with van der Waals surface area (Å²) in [6.45, 7) is 5.71. The van der Waals surface area contributed by atoms with Crippen molar-refractivity contribution < 1.29 is 23.8 Å². The number of hydrogen-bond donors (Lipinski definition) is 2. The van der Waals surface area contributed by atoms with Crippen molar-refractivity contribution in [1.29, 1.82) is 0 Å². The van der Waals surface area contributed by atoms with E-state index < -0.39 is 11.8 Å². The van der Waals surface area contributed by atoms with E-state index in [1.165, 1.54) is 10.6 Å². The lowest BCUT2D eigenvalue weighted by molar-refractivity contribution is -0.139. The molecular formula is C30H38N4O5S. The molecule has 2 heterocycles. The van der Waals surface area contributed by atoms with Crippen molar-refractivity contribution in [1.82, 2.24) is 15.5 Å². The van der Waals surface area contributed by atoms with Crippen LogP contribution < -0.4 is 29.7 Å². The average molecular weight is 567 g/mol. The van der Waals surface area contributed by atoms with E-state index in [-0.39, 0.29) is 12.1 Å². The number of thiophene rings is 1. The largest absolute Gasteiger partial charge is 0.497 e. The highest BCUT2D eigenvalue weighted by Gasteiger charge is 2.32. The fourth-order valence-corrected chi connectivity index (χ4v) is 6.01. The Morgan fingerprint density at radius 3 is 2.25 bits per heavy atom. The number of piperazine rings is 1. The van der Waals surface area contributed by atoms with Gasteiger partial charge < -0.3 is 29.7 Å². The molecule has 0 saturated carbocycles. The van der Waals surface area contributed by atoms with Gasteiger partial charge in [0.2, 0.25) is 0 Å². The molecule has 1 fully saturated rings. The van der Waals surface area contributed by atoms with Gasteiger partial charge in [-0.1, -0.05) is 12.1 Å². The van der Waals surface area contributed by atoms with Gasteiger partial charge in [-0.15, -0.1) is 11.3 Å². The van der Waals surface area contributed by atoms with Crippen LogP contribution >= 0.6 is 11.3 Å². The first-order valence-corrected chi connectivity index (χ1v) is 14.3. The molecule has 0 spiro atoms. The van der Waals surface area contributed by atoms with Crippen LogP contribution in [0.4, 0.5) is 5.69 Å². The van der Waals surface area contributed by atoms with Gasteiger partial charge in [-0.05, 0) is 66.8 Å². The fraction of sp³-hybridized carbons (Fsp3) is 0.400. The third-order valence-electron chi connectivity index (χ3n) is 7.17. The van der Waals surface area contributed by atoms with E-state index in [4.69, 9.17) is 14.2 Å². The predicted molar refractivity (Wildman–Crippen MR) is 158 cm³/mol. The van der Waals surface area contributed by atoms with E-state index in [0.29, 0.717) is 24.5 Å². The van der Waals surface area contributed by atoms with Crippen LogP contribution in [0, 0.1) is 0 Å². The number of methoxy groups -OCH3 is 3. The van der Waals surface area contributed by atoms with Crippen molar-refractivity contribution in [3.05, 3.63) is 70.4 Å². The summed E-state index contributed by atoms with van der Waals surface area (Å²) in [7, 11) is 4.84. The van der Waals surface area contributed by atoms with Gasteiger partial charge in [0.15, 0.2) is 11.5 Å². The smallest absolute Gasteiger partial charge is 0.309 e. The molecule has 4 rings (SSSR count). The molecule has 1 aromatic heterocycles. The molecule has 10 heteroatoms. The molecule has 2 N–H and O–H groups in total. The van der Waals surface area contributed by atoms with Crippen molar-refractivity contribution in [2.45, 2.75) is 25.4 Å². The normalized spacial score (nSPS) is 15.2. The third-order valence-corrected chi connectivity index (χ3v) is 8.11. The standard InChI is InChI=1S/C30H38N4O5S/c1-21(32-30(36)29(35)31-14-13-22-7-12-25(38-3)26(20-22)39-4)28(27-6-5-19-40-27)34-17-15-33(16-18-34)23-8-10-24(37-2)11-9-23/h5-12,19-21,28H,13-18H2,1-4H3,(H,31,35)(H,32,36)/t21-,28+/m0/s1. The Kier molecular flexibility index (Phi) is 10.3. The summed E-state index contributed by atoms with van der Waals surface area (Å²) in [4.78, 5) is 31.4. The zero-order chi connectivity index (χ0) is 28.5. The predicted octanol–water partition coefficient (Wildman–Crippen LogP) is 3.50. The monoisotopic (exact) mass is 566 g/mol. The van der Waals surface area contributed by atoms with Crippen LogP contribution in [0.1, 0.15) is 23.4 Å². The number of ether oxygens (including phenoxy) is 3. The Labute approximate surface area is 240 Å². The molecule has 0 unspecified atom stereocenters.